The number of halogens is 2. The van der Waals surface area contributed by atoms with E-state index in [-0.39, 0.29) is 24.3 Å². The van der Waals surface area contributed by atoms with Crippen LogP contribution >= 0.6 is 23.7 Å². The van der Waals surface area contributed by atoms with Gasteiger partial charge in [-0.3, -0.25) is 5.32 Å². The van der Waals surface area contributed by atoms with Gasteiger partial charge in [-0.1, -0.05) is 18.2 Å². The number of amides is 2. The Kier molecular flexibility index (Phi) is 7.36. The van der Waals surface area contributed by atoms with Crippen molar-refractivity contribution >= 4 is 45.8 Å². The first-order chi connectivity index (χ1) is 15.1. The van der Waals surface area contributed by atoms with E-state index in [1.807, 2.05) is 6.92 Å². The summed E-state index contributed by atoms with van der Waals surface area (Å²) < 4.78 is 16.5. The molecule has 2 heterocycles. The van der Waals surface area contributed by atoms with Gasteiger partial charge >= 0.3 is 6.03 Å². The first kappa shape index (κ1) is 23.1. The van der Waals surface area contributed by atoms with Gasteiger partial charge in [0.25, 0.3) is 0 Å². The molecule has 0 atom stereocenters. The summed E-state index contributed by atoms with van der Waals surface area (Å²) >= 11 is 1.44. The van der Waals surface area contributed by atoms with Crippen LogP contribution in [0.5, 0.6) is 0 Å². The monoisotopic (exact) mass is 467 g/mol. The van der Waals surface area contributed by atoms with Crippen LogP contribution in [0.2, 0.25) is 0 Å². The molecule has 0 aliphatic heterocycles. The lowest BCUT2D eigenvalue weighted by atomic mass is 9.96. The minimum absolute atomic E-state index is 0. The van der Waals surface area contributed by atoms with Crippen molar-refractivity contribution in [1.29, 1.82) is 5.26 Å². The van der Waals surface area contributed by atoms with E-state index < -0.39 is 0 Å². The van der Waals surface area contributed by atoms with Gasteiger partial charge in [0.1, 0.15) is 11.6 Å². The maximum atomic E-state index is 15.6. The van der Waals surface area contributed by atoms with E-state index in [1.165, 1.54) is 11.3 Å². The predicted octanol–water partition coefficient (Wildman–Crippen LogP) is 5.52. The lowest BCUT2D eigenvalue weighted by molar-refractivity contribution is 0.252. The fourth-order valence-corrected chi connectivity index (χ4v) is 4.06. The average molecular weight is 468 g/mol. The van der Waals surface area contributed by atoms with Crippen LogP contribution in [0.1, 0.15) is 23.6 Å². The van der Waals surface area contributed by atoms with Crippen molar-refractivity contribution in [3.8, 4) is 17.2 Å². The molecule has 6 nitrogen and oxygen atoms in total. The Labute approximate surface area is 194 Å². The Bertz CT molecular complexity index is 1300. The molecule has 2 aromatic heterocycles. The van der Waals surface area contributed by atoms with Gasteiger partial charge in [-0.15, -0.1) is 23.7 Å². The fourth-order valence-electron chi connectivity index (χ4n) is 3.31. The van der Waals surface area contributed by atoms with Crippen molar-refractivity contribution in [1.82, 2.24) is 15.3 Å². The fraction of sp³-hybridized carbons (Fsp3) is 0.130. The minimum Gasteiger partial charge on any atom is -0.338 e. The Morgan fingerprint density at radius 1 is 1.22 bits per heavy atom. The molecule has 0 saturated heterocycles. The zero-order valence-electron chi connectivity index (χ0n) is 17.1. The number of fused-ring (bicyclic) bond motifs is 1. The van der Waals surface area contributed by atoms with E-state index in [0.717, 1.165) is 10.3 Å². The number of carbonyl (C=O) groups excluding carboxylic acids is 1. The molecule has 2 amide bonds. The zero-order valence-corrected chi connectivity index (χ0v) is 18.7. The molecule has 0 saturated carbocycles. The van der Waals surface area contributed by atoms with Crippen molar-refractivity contribution in [3.05, 3.63) is 76.7 Å². The smallest absolute Gasteiger partial charge is 0.320 e. The van der Waals surface area contributed by atoms with E-state index >= 15 is 4.39 Å². The topological polar surface area (TPSA) is 90.7 Å². The summed E-state index contributed by atoms with van der Waals surface area (Å²) in [5.74, 6) is 0.0557. The Hall–Kier alpha value is -3.54. The van der Waals surface area contributed by atoms with Crippen LogP contribution in [0.3, 0.4) is 0 Å². The van der Waals surface area contributed by atoms with Gasteiger partial charge in [0.15, 0.2) is 0 Å². The van der Waals surface area contributed by atoms with E-state index in [9.17, 15) is 10.1 Å². The average Bonchev–Trinajstić information content (AvgIpc) is 3.23. The summed E-state index contributed by atoms with van der Waals surface area (Å²) in [4.78, 5) is 20.2. The van der Waals surface area contributed by atoms with Crippen molar-refractivity contribution in [2.75, 3.05) is 11.9 Å². The number of hydrogen-bond donors (Lipinski definition) is 2. The number of aromatic nitrogens is 2. The Morgan fingerprint density at radius 2 is 2.06 bits per heavy atom. The largest absolute Gasteiger partial charge is 0.338 e. The highest BCUT2D eigenvalue weighted by atomic mass is 35.5. The normalized spacial score (nSPS) is 10.3. The van der Waals surface area contributed by atoms with Crippen molar-refractivity contribution < 1.29 is 9.18 Å². The van der Waals surface area contributed by atoms with E-state index in [2.05, 4.69) is 26.7 Å². The number of nitrogens with one attached hydrogen (secondary N) is 2. The summed E-state index contributed by atoms with van der Waals surface area (Å²) in [7, 11) is 0. The molecule has 162 valence electrons. The van der Waals surface area contributed by atoms with Gasteiger partial charge < -0.3 is 5.32 Å². The lowest BCUT2D eigenvalue weighted by Gasteiger charge is -2.11. The second kappa shape index (κ2) is 10.2. The molecule has 0 fully saturated rings. The standard InChI is InChI=1S/C23H18FN5OS.ClH/c1-2-26-23(30)29-19-7-6-15(12-27-19)9-17-10-18-22(28-13-31-18)20(21(17)24)16-5-3-4-14(8-16)11-25;/h3-8,10,12-13H,2,9H2,1H3,(H2,26,27,29,30);1H. The number of nitriles is 1. The van der Waals surface area contributed by atoms with Gasteiger partial charge in [0.2, 0.25) is 0 Å². The molecule has 0 aliphatic carbocycles. The number of urea groups is 1. The molecule has 0 spiro atoms. The Balaban J connectivity index is 0.00000289. The predicted molar refractivity (Wildman–Crippen MR) is 127 cm³/mol. The third kappa shape index (κ3) is 4.85. The van der Waals surface area contributed by atoms with Crippen LogP contribution in [-0.2, 0) is 6.42 Å². The van der Waals surface area contributed by atoms with Gasteiger partial charge in [0, 0.05) is 24.7 Å². The van der Waals surface area contributed by atoms with Gasteiger partial charge in [-0.05, 0) is 47.9 Å². The van der Waals surface area contributed by atoms with E-state index in [1.54, 1.807) is 54.2 Å². The first-order valence-corrected chi connectivity index (χ1v) is 10.5. The molecule has 0 radical (unpaired) electrons. The van der Waals surface area contributed by atoms with Gasteiger partial charge in [0.05, 0.1) is 27.4 Å². The second-order valence-electron chi connectivity index (χ2n) is 6.83. The molecule has 4 aromatic rings. The Morgan fingerprint density at radius 3 is 2.78 bits per heavy atom. The molecule has 0 aliphatic rings. The molecule has 32 heavy (non-hydrogen) atoms. The maximum Gasteiger partial charge on any atom is 0.320 e. The number of rotatable bonds is 5. The number of carbonyl (C=O) groups is 1. The third-order valence-corrected chi connectivity index (χ3v) is 5.49. The van der Waals surface area contributed by atoms with Crippen molar-refractivity contribution in [3.63, 3.8) is 0 Å². The highest BCUT2D eigenvalue weighted by Gasteiger charge is 2.18. The molecule has 2 aromatic carbocycles. The van der Waals surface area contributed by atoms with Crippen LogP contribution in [0, 0.1) is 17.1 Å². The SMILES string of the molecule is CCNC(=O)Nc1ccc(Cc2cc3scnc3c(-c3cccc(C#N)c3)c2F)cn1.Cl. The van der Waals surface area contributed by atoms with Crippen LogP contribution < -0.4 is 10.6 Å². The zero-order chi connectivity index (χ0) is 21.8. The number of benzene rings is 2. The maximum absolute atomic E-state index is 15.6. The summed E-state index contributed by atoms with van der Waals surface area (Å²) in [5, 5.41) is 14.5. The number of pyridine rings is 1. The van der Waals surface area contributed by atoms with E-state index in [0.29, 0.717) is 46.6 Å². The summed E-state index contributed by atoms with van der Waals surface area (Å²) in [6, 6.07) is 13.9. The molecular formula is C23H19ClFN5OS. The first-order valence-electron chi connectivity index (χ1n) is 9.64. The quantitative estimate of drug-likeness (QED) is 0.404. The number of hydrogen-bond acceptors (Lipinski definition) is 5. The third-order valence-electron chi connectivity index (χ3n) is 4.72. The summed E-state index contributed by atoms with van der Waals surface area (Å²) in [6.45, 7) is 2.35. The van der Waals surface area contributed by atoms with Crippen molar-refractivity contribution in [2.45, 2.75) is 13.3 Å². The summed E-state index contributed by atoms with van der Waals surface area (Å²) in [6.07, 6.45) is 1.95. The number of thiazole rings is 1. The minimum atomic E-state index is -0.363. The van der Waals surface area contributed by atoms with Crippen LogP contribution in [0.4, 0.5) is 15.0 Å². The lowest BCUT2D eigenvalue weighted by Crippen LogP contribution is -2.28. The second-order valence-corrected chi connectivity index (χ2v) is 7.72. The molecule has 9 heteroatoms. The molecular weight excluding hydrogens is 449 g/mol. The highest BCUT2D eigenvalue weighted by molar-refractivity contribution is 7.16. The number of anilines is 1. The molecule has 0 unspecified atom stereocenters. The van der Waals surface area contributed by atoms with Crippen LogP contribution in [0.25, 0.3) is 21.3 Å². The van der Waals surface area contributed by atoms with E-state index in [4.69, 9.17) is 0 Å². The molecule has 2 N–H and O–H groups in total. The van der Waals surface area contributed by atoms with Crippen molar-refractivity contribution in [2.24, 2.45) is 0 Å². The van der Waals surface area contributed by atoms with Crippen LogP contribution in [-0.4, -0.2) is 22.5 Å². The van der Waals surface area contributed by atoms with Crippen LogP contribution in [0.15, 0.2) is 54.2 Å². The highest BCUT2D eigenvalue weighted by Crippen LogP contribution is 2.35. The van der Waals surface area contributed by atoms with Gasteiger partial charge in [-0.25, -0.2) is 19.2 Å². The summed E-state index contributed by atoms with van der Waals surface area (Å²) in [5.41, 5.74) is 5.07. The van der Waals surface area contributed by atoms with Gasteiger partial charge in [-0.2, -0.15) is 5.26 Å². The molecule has 4 rings (SSSR count). The molecule has 0 bridgehead atoms. The number of nitrogens with zero attached hydrogens (tertiary/aromatic N) is 3.